The zero-order chi connectivity index (χ0) is 20.2. The van der Waals surface area contributed by atoms with Crippen molar-refractivity contribution in [3.8, 4) is 0 Å². The van der Waals surface area contributed by atoms with E-state index < -0.39 is 35.3 Å². The summed E-state index contributed by atoms with van der Waals surface area (Å²) in [4.78, 5) is 11.6. The van der Waals surface area contributed by atoms with Crippen LogP contribution >= 0.6 is 0 Å². The van der Waals surface area contributed by atoms with Crippen molar-refractivity contribution in [2.75, 3.05) is 31.6 Å². The number of rotatable bonds is 6. The van der Waals surface area contributed by atoms with Gasteiger partial charge in [0, 0.05) is 18.8 Å². The maximum Gasteiger partial charge on any atom is 0.411 e. The average Bonchev–Trinajstić information content (AvgIpc) is 2.53. The molecule has 0 bridgehead atoms. The second kappa shape index (κ2) is 8.55. The van der Waals surface area contributed by atoms with Gasteiger partial charge in [-0.1, -0.05) is 0 Å². The highest BCUT2D eigenvalue weighted by Gasteiger charge is 2.32. The van der Waals surface area contributed by atoms with Gasteiger partial charge in [-0.15, -0.1) is 0 Å². The van der Waals surface area contributed by atoms with Crippen molar-refractivity contribution >= 4 is 21.6 Å². The van der Waals surface area contributed by atoms with E-state index in [0.29, 0.717) is 0 Å². The van der Waals surface area contributed by atoms with Crippen LogP contribution in [0.4, 0.5) is 18.9 Å². The second-order valence-electron chi connectivity index (χ2n) is 6.26. The van der Waals surface area contributed by atoms with Gasteiger partial charge < -0.3 is 14.8 Å². The lowest BCUT2D eigenvalue weighted by Gasteiger charge is -2.34. The molecule has 1 fully saturated rings. The van der Waals surface area contributed by atoms with Crippen molar-refractivity contribution < 1.29 is 35.9 Å². The van der Waals surface area contributed by atoms with Gasteiger partial charge in [0.15, 0.2) is 0 Å². The summed E-state index contributed by atoms with van der Waals surface area (Å²) >= 11 is 0. The highest BCUT2D eigenvalue weighted by molar-refractivity contribution is 7.89. The molecule has 2 atom stereocenters. The number of nitrogens with one attached hydrogen (secondary N) is 1. The molecule has 1 aromatic rings. The summed E-state index contributed by atoms with van der Waals surface area (Å²) in [6.07, 6.45) is -4.96. The van der Waals surface area contributed by atoms with Gasteiger partial charge in [0.05, 0.1) is 17.1 Å². The van der Waals surface area contributed by atoms with Crippen LogP contribution in [0.2, 0.25) is 0 Å². The highest BCUT2D eigenvalue weighted by atomic mass is 32.2. The van der Waals surface area contributed by atoms with E-state index in [1.807, 2.05) is 0 Å². The average molecular weight is 410 g/mol. The standard InChI is InChI=1S/C16H21F3N2O5S/c1-11-7-21(8-12(2)26-11)27(23,24)14-5-3-13(4-6-14)20-15(22)9-25-10-16(17,18)19/h3-6,11-12H,7-10H2,1-2H3,(H,20,22). The van der Waals surface area contributed by atoms with Gasteiger partial charge in [-0.05, 0) is 38.1 Å². The summed E-state index contributed by atoms with van der Waals surface area (Å²) in [7, 11) is -3.71. The zero-order valence-corrected chi connectivity index (χ0v) is 15.6. The number of halogens is 3. The van der Waals surface area contributed by atoms with Crippen molar-refractivity contribution in [1.29, 1.82) is 0 Å². The predicted molar refractivity (Wildman–Crippen MR) is 90.7 cm³/mol. The van der Waals surface area contributed by atoms with Gasteiger partial charge in [0.1, 0.15) is 13.2 Å². The molecule has 0 radical (unpaired) electrons. The Morgan fingerprint density at radius 3 is 2.30 bits per heavy atom. The Labute approximate surface area is 155 Å². The molecule has 1 heterocycles. The lowest BCUT2D eigenvalue weighted by Crippen LogP contribution is -2.48. The quantitative estimate of drug-likeness (QED) is 0.776. The van der Waals surface area contributed by atoms with Crippen molar-refractivity contribution in [3.63, 3.8) is 0 Å². The zero-order valence-electron chi connectivity index (χ0n) is 14.8. The number of nitrogens with zero attached hydrogens (tertiary/aromatic N) is 1. The van der Waals surface area contributed by atoms with Crippen LogP contribution in [0.25, 0.3) is 0 Å². The van der Waals surface area contributed by atoms with Crippen LogP contribution in [0.3, 0.4) is 0 Å². The van der Waals surface area contributed by atoms with Gasteiger partial charge in [0.25, 0.3) is 0 Å². The monoisotopic (exact) mass is 410 g/mol. The van der Waals surface area contributed by atoms with Crippen LogP contribution in [0, 0.1) is 0 Å². The molecule has 11 heteroatoms. The Kier molecular flexibility index (Phi) is 6.84. The predicted octanol–water partition coefficient (Wildman–Crippen LogP) is 2.00. The molecule has 0 saturated carbocycles. The van der Waals surface area contributed by atoms with Crippen LogP contribution in [0.5, 0.6) is 0 Å². The number of carbonyl (C=O) groups excluding carboxylic acids is 1. The molecule has 2 rings (SSSR count). The number of benzene rings is 1. The number of hydrogen-bond donors (Lipinski definition) is 1. The number of hydrogen-bond acceptors (Lipinski definition) is 5. The summed E-state index contributed by atoms with van der Waals surface area (Å²) in [5.41, 5.74) is 0.248. The van der Waals surface area contributed by atoms with Gasteiger partial charge in [-0.3, -0.25) is 4.79 Å². The minimum atomic E-state index is -4.51. The molecule has 0 aliphatic carbocycles. The largest absolute Gasteiger partial charge is 0.411 e. The number of anilines is 1. The van der Waals surface area contributed by atoms with E-state index in [2.05, 4.69) is 10.1 Å². The van der Waals surface area contributed by atoms with E-state index in [-0.39, 0.29) is 35.9 Å². The van der Waals surface area contributed by atoms with Crippen LogP contribution in [0.15, 0.2) is 29.2 Å². The van der Waals surface area contributed by atoms with E-state index in [1.54, 1.807) is 13.8 Å². The molecule has 2 unspecified atom stereocenters. The van der Waals surface area contributed by atoms with Crippen LogP contribution in [-0.4, -0.2) is 63.3 Å². The molecule has 152 valence electrons. The first-order valence-corrected chi connectivity index (χ1v) is 9.61. The first kappa shape index (κ1) is 21.6. The molecule has 0 aromatic heterocycles. The molecule has 7 nitrogen and oxygen atoms in total. The van der Waals surface area contributed by atoms with Crippen LogP contribution < -0.4 is 5.32 Å². The van der Waals surface area contributed by atoms with E-state index in [1.165, 1.54) is 28.6 Å². The van der Waals surface area contributed by atoms with E-state index >= 15 is 0 Å². The van der Waals surface area contributed by atoms with Gasteiger partial charge in [-0.25, -0.2) is 8.42 Å². The maximum atomic E-state index is 12.7. The van der Waals surface area contributed by atoms with E-state index in [0.717, 1.165) is 0 Å². The Morgan fingerprint density at radius 2 is 1.78 bits per heavy atom. The molecule has 1 aliphatic heterocycles. The first-order chi connectivity index (χ1) is 12.5. The van der Waals surface area contributed by atoms with Crippen LogP contribution in [-0.2, 0) is 24.3 Å². The number of carbonyl (C=O) groups is 1. The summed E-state index contributed by atoms with van der Waals surface area (Å²) in [5.74, 6) is -0.773. The van der Waals surface area contributed by atoms with Crippen molar-refractivity contribution in [1.82, 2.24) is 4.31 Å². The van der Waals surface area contributed by atoms with Crippen molar-refractivity contribution in [3.05, 3.63) is 24.3 Å². The lowest BCUT2D eigenvalue weighted by molar-refractivity contribution is -0.174. The minimum Gasteiger partial charge on any atom is -0.373 e. The molecule has 1 aromatic carbocycles. The van der Waals surface area contributed by atoms with E-state index in [9.17, 15) is 26.4 Å². The third kappa shape index (κ3) is 6.45. The fraction of sp³-hybridized carbons (Fsp3) is 0.562. The number of sulfonamides is 1. The topological polar surface area (TPSA) is 84.9 Å². The summed E-state index contributed by atoms with van der Waals surface area (Å²) < 4.78 is 72.4. The maximum absolute atomic E-state index is 12.7. The third-order valence-electron chi connectivity index (χ3n) is 3.66. The Morgan fingerprint density at radius 1 is 1.22 bits per heavy atom. The molecule has 0 spiro atoms. The summed E-state index contributed by atoms with van der Waals surface area (Å²) in [5, 5.41) is 2.34. The third-order valence-corrected chi connectivity index (χ3v) is 5.51. The number of alkyl halides is 3. The number of amides is 1. The van der Waals surface area contributed by atoms with Gasteiger partial charge in [0.2, 0.25) is 15.9 Å². The highest BCUT2D eigenvalue weighted by Crippen LogP contribution is 2.22. The van der Waals surface area contributed by atoms with Gasteiger partial charge >= 0.3 is 6.18 Å². The molecule has 1 saturated heterocycles. The molecule has 1 aliphatic rings. The second-order valence-corrected chi connectivity index (χ2v) is 8.20. The fourth-order valence-electron chi connectivity index (χ4n) is 2.64. The Hall–Kier alpha value is -1.69. The first-order valence-electron chi connectivity index (χ1n) is 8.17. The molecular formula is C16H21F3N2O5S. The van der Waals surface area contributed by atoms with E-state index in [4.69, 9.17) is 4.74 Å². The van der Waals surface area contributed by atoms with Crippen molar-refractivity contribution in [2.45, 2.75) is 37.1 Å². The fourth-order valence-corrected chi connectivity index (χ4v) is 4.23. The SMILES string of the molecule is CC1CN(S(=O)(=O)c2ccc(NC(=O)COCC(F)(F)F)cc2)CC(C)O1. The molecule has 1 amide bonds. The molecule has 1 N–H and O–H groups in total. The Bertz CT molecular complexity index is 742. The smallest absolute Gasteiger partial charge is 0.373 e. The van der Waals surface area contributed by atoms with Crippen LogP contribution in [0.1, 0.15) is 13.8 Å². The Balaban J connectivity index is 1.97. The molecular weight excluding hydrogens is 389 g/mol. The normalized spacial score (nSPS) is 21.8. The van der Waals surface area contributed by atoms with Crippen molar-refractivity contribution in [2.24, 2.45) is 0 Å². The summed E-state index contributed by atoms with van der Waals surface area (Å²) in [6.45, 7) is 1.77. The molecule has 27 heavy (non-hydrogen) atoms. The van der Waals surface area contributed by atoms with Gasteiger partial charge in [-0.2, -0.15) is 17.5 Å². The number of ether oxygens (including phenoxy) is 2. The lowest BCUT2D eigenvalue weighted by atomic mass is 10.3. The summed E-state index contributed by atoms with van der Waals surface area (Å²) in [6, 6.07) is 5.38. The number of morpholine rings is 1. The minimum absolute atomic E-state index is 0.0510.